The van der Waals surface area contributed by atoms with Crippen LogP contribution in [0.1, 0.15) is 24.7 Å². The molecule has 0 unspecified atom stereocenters. The summed E-state index contributed by atoms with van der Waals surface area (Å²) in [6.07, 6.45) is 5.05. The van der Waals surface area contributed by atoms with Crippen molar-refractivity contribution in [3.63, 3.8) is 0 Å². The summed E-state index contributed by atoms with van der Waals surface area (Å²) in [5.74, 6) is 2.24. The molecule has 0 spiro atoms. The van der Waals surface area contributed by atoms with Gasteiger partial charge in [-0.2, -0.15) is 4.98 Å². The SMILES string of the molecule is CCCc1nc(N)c(C)c(Oc2cncc(Br)c2)n1. The molecule has 19 heavy (non-hydrogen) atoms. The van der Waals surface area contributed by atoms with Crippen molar-refractivity contribution in [3.05, 3.63) is 34.3 Å². The number of ether oxygens (including phenoxy) is 1. The maximum absolute atomic E-state index is 5.88. The Labute approximate surface area is 120 Å². The fraction of sp³-hybridized carbons (Fsp3) is 0.308. The van der Waals surface area contributed by atoms with Gasteiger partial charge in [0.25, 0.3) is 0 Å². The van der Waals surface area contributed by atoms with Crippen LogP contribution in [-0.2, 0) is 6.42 Å². The molecule has 0 saturated carbocycles. The summed E-state index contributed by atoms with van der Waals surface area (Å²) in [7, 11) is 0. The van der Waals surface area contributed by atoms with E-state index in [1.807, 2.05) is 13.0 Å². The van der Waals surface area contributed by atoms with Gasteiger partial charge in [0.2, 0.25) is 5.88 Å². The molecule has 0 bridgehead atoms. The average molecular weight is 323 g/mol. The Bertz CT molecular complexity index is 589. The number of aromatic nitrogens is 3. The summed E-state index contributed by atoms with van der Waals surface area (Å²) in [5.41, 5.74) is 6.62. The molecule has 6 heteroatoms. The third-order valence-corrected chi connectivity index (χ3v) is 2.99. The average Bonchev–Trinajstić information content (AvgIpc) is 2.36. The number of pyridine rings is 1. The molecule has 5 nitrogen and oxygen atoms in total. The Hall–Kier alpha value is -1.69. The molecular weight excluding hydrogens is 308 g/mol. The minimum absolute atomic E-state index is 0.455. The van der Waals surface area contributed by atoms with Crippen LogP contribution in [0.3, 0.4) is 0 Å². The molecule has 0 amide bonds. The number of nitrogens with zero attached hydrogens (tertiary/aromatic N) is 3. The van der Waals surface area contributed by atoms with Gasteiger partial charge in [-0.05, 0) is 35.3 Å². The minimum Gasteiger partial charge on any atom is -0.437 e. The number of nitrogens with two attached hydrogens (primary N) is 1. The van der Waals surface area contributed by atoms with E-state index in [1.54, 1.807) is 12.4 Å². The zero-order valence-electron chi connectivity index (χ0n) is 10.9. The third-order valence-electron chi connectivity index (χ3n) is 2.55. The quantitative estimate of drug-likeness (QED) is 0.935. The van der Waals surface area contributed by atoms with Crippen molar-refractivity contribution in [2.24, 2.45) is 0 Å². The maximum atomic E-state index is 5.88. The van der Waals surface area contributed by atoms with Gasteiger partial charge in [-0.3, -0.25) is 4.98 Å². The molecule has 0 radical (unpaired) electrons. The molecule has 0 saturated heterocycles. The van der Waals surface area contributed by atoms with E-state index in [9.17, 15) is 0 Å². The highest BCUT2D eigenvalue weighted by molar-refractivity contribution is 9.10. The Morgan fingerprint density at radius 3 is 2.79 bits per heavy atom. The normalized spacial score (nSPS) is 10.5. The van der Waals surface area contributed by atoms with Gasteiger partial charge in [0.05, 0.1) is 11.8 Å². The first-order chi connectivity index (χ1) is 9.10. The van der Waals surface area contributed by atoms with Crippen molar-refractivity contribution >= 4 is 21.7 Å². The lowest BCUT2D eigenvalue weighted by atomic mass is 10.3. The van der Waals surface area contributed by atoms with E-state index in [4.69, 9.17) is 10.5 Å². The highest BCUT2D eigenvalue weighted by Gasteiger charge is 2.11. The molecule has 2 aromatic rings. The third kappa shape index (κ3) is 3.41. The molecule has 0 aliphatic rings. The number of hydrogen-bond donors (Lipinski definition) is 1. The van der Waals surface area contributed by atoms with Gasteiger partial charge in [-0.15, -0.1) is 0 Å². The van der Waals surface area contributed by atoms with Crippen molar-refractivity contribution < 1.29 is 4.74 Å². The molecule has 2 heterocycles. The Morgan fingerprint density at radius 2 is 2.11 bits per heavy atom. The minimum atomic E-state index is 0.455. The first-order valence-corrected chi connectivity index (χ1v) is 6.81. The van der Waals surface area contributed by atoms with Crippen LogP contribution in [-0.4, -0.2) is 15.0 Å². The smallest absolute Gasteiger partial charge is 0.227 e. The lowest BCUT2D eigenvalue weighted by Gasteiger charge is -2.10. The topological polar surface area (TPSA) is 73.9 Å². The van der Waals surface area contributed by atoms with E-state index in [0.717, 1.165) is 22.9 Å². The Morgan fingerprint density at radius 1 is 1.32 bits per heavy atom. The molecule has 2 aromatic heterocycles. The predicted octanol–water partition coefficient (Wildman–Crippen LogP) is 3.27. The maximum Gasteiger partial charge on any atom is 0.227 e. The van der Waals surface area contributed by atoms with Gasteiger partial charge in [0.15, 0.2) is 0 Å². The Balaban J connectivity index is 2.33. The van der Waals surface area contributed by atoms with Gasteiger partial charge < -0.3 is 10.5 Å². The molecule has 0 fully saturated rings. The van der Waals surface area contributed by atoms with Crippen LogP contribution >= 0.6 is 15.9 Å². The number of hydrogen-bond acceptors (Lipinski definition) is 5. The van der Waals surface area contributed by atoms with Crippen molar-refractivity contribution in [2.75, 3.05) is 5.73 Å². The first kappa shape index (κ1) is 13.7. The lowest BCUT2D eigenvalue weighted by Crippen LogP contribution is -2.05. The fourth-order valence-electron chi connectivity index (χ4n) is 1.55. The number of aryl methyl sites for hydroxylation is 1. The predicted molar refractivity (Wildman–Crippen MR) is 77.2 cm³/mol. The van der Waals surface area contributed by atoms with Crippen LogP contribution < -0.4 is 10.5 Å². The fourth-order valence-corrected chi connectivity index (χ4v) is 1.90. The standard InChI is InChI=1S/C13H15BrN4O/c1-3-4-11-17-12(15)8(2)13(18-11)19-10-5-9(14)6-16-7-10/h5-7H,3-4H2,1-2H3,(H2,15,17,18). The van der Waals surface area contributed by atoms with Gasteiger partial charge in [-0.25, -0.2) is 4.98 Å². The van der Waals surface area contributed by atoms with Crippen molar-refractivity contribution in [3.8, 4) is 11.6 Å². The first-order valence-electron chi connectivity index (χ1n) is 6.01. The largest absolute Gasteiger partial charge is 0.437 e. The second kappa shape index (κ2) is 5.97. The number of anilines is 1. The van der Waals surface area contributed by atoms with Gasteiger partial charge in [0.1, 0.15) is 17.4 Å². The lowest BCUT2D eigenvalue weighted by molar-refractivity contribution is 0.452. The van der Waals surface area contributed by atoms with Gasteiger partial charge in [-0.1, -0.05) is 6.92 Å². The molecule has 2 N–H and O–H groups in total. The van der Waals surface area contributed by atoms with Crippen LogP contribution in [0.2, 0.25) is 0 Å². The molecule has 0 atom stereocenters. The zero-order chi connectivity index (χ0) is 13.8. The summed E-state index contributed by atoms with van der Waals surface area (Å²) in [6, 6.07) is 1.82. The molecule has 0 aliphatic carbocycles. The van der Waals surface area contributed by atoms with Gasteiger partial charge >= 0.3 is 0 Å². The number of halogens is 1. The van der Waals surface area contributed by atoms with E-state index >= 15 is 0 Å². The molecule has 0 aliphatic heterocycles. The van der Waals surface area contributed by atoms with E-state index in [2.05, 4.69) is 37.8 Å². The second-order valence-corrected chi connectivity index (χ2v) is 5.06. The van der Waals surface area contributed by atoms with Crippen molar-refractivity contribution in [1.29, 1.82) is 0 Å². The van der Waals surface area contributed by atoms with E-state index in [-0.39, 0.29) is 0 Å². The summed E-state index contributed by atoms with van der Waals surface area (Å²) in [6.45, 7) is 3.91. The summed E-state index contributed by atoms with van der Waals surface area (Å²) >= 11 is 3.35. The number of nitrogen functional groups attached to an aromatic ring is 1. The molecule has 2 rings (SSSR count). The van der Waals surface area contributed by atoms with E-state index < -0.39 is 0 Å². The van der Waals surface area contributed by atoms with Crippen LogP contribution in [0, 0.1) is 6.92 Å². The van der Waals surface area contributed by atoms with Gasteiger partial charge in [0, 0.05) is 17.1 Å². The van der Waals surface area contributed by atoms with Crippen molar-refractivity contribution in [1.82, 2.24) is 15.0 Å². The molecule has 100 valence electrons. The van der Waals surface area contributed by atoms with Crippen LogP contribution in [0.25, 0.3) is 0 Å². The Kier molecular flexibility index (Phi) is 4.31. The highest BCUT2D eigenvalue weighted by atomic mass is 79.9. The van der Waals surface area contributed by atoms with Crippen LogP contribution in [0.5, 0.6) is 11.6 Å². The van der Waals surface area contributed by atoms with Crippen LogP contribution in [0.15, 0.2) is 22.9 Å². The van der Waals surface area contributed by atoms with Crippen LogP contribution in [0.4, 0.5) is 5.82 Å². The van der Waals surface area contributed by atoms with Crippen molar-refractivity contribution in [2.45, 2.75) is 26.7 Å². The second-order valence-electron chi connectivity index (χ2n) is 4.15. The van der Waals surface area contributed by atoms with E-state index in [0.29, 0.717) is 23.3 Å². The van der Waals surface area contributed by atoms with E-state index in [1.165, 1.54) is 0 Å². The molecular formula is C13H15BrN4O. The summed E-state index contributed by atoms with van der Waals surface area (Å²) in [4.78, 5) is 12.7. The zero-order valence-corrected chi connectivity index (χ0v) is 12.4. The summed E-state index contributed by atoms with van der Waals surface area (Å²) in [5, 5.41) is 0. The number of rotatable bonds is 4. The summed E-state index contributed by atoms with van der Waals surface area (Å²) < 4.78 is 6.58. The monoisotopic (exact) mass is 322 g/mol. The molecule has 0 aromatic carbocycles. The highest BCUT2D eigenvalue weighted by Crippen LogP contribution is 2.26.